The lowest BCUT2D eigenvalue weighted by molar-refractivity contribution is 0.0493. The third kappa shape index (κ3) is 6.60. The topological polar surface area (TPSA) is 97.8 Å². The van der Waals surface area contributed by atoms with Crippen LogP contribution in [0.1, 0.15) is 38.2 Å². The van der Waals surface area contributed by atoms with Gasteiger partial charge in [-0.2, -0.15) is 0 Å². The van der Waals surface area contributed by atoms with Gasteiger partial charge >= 0.3 is 12.1 Å². The number of aromatic carboxylic acids is 1. The fourth-order valence-electron chi connectivity index (χ4n) is 1.38. The highest BCUT2D eigenvalue weighted by Gasteiger charge is 2.18. The van der Waals surface area contributed by atoms with Crippen molar-refractivity contribution in [1.82, 2.24) is 10.3 Å². The van der Waals surface area contributed by atoms with Gasteiger partial charge in [0.05, 0.1) is 6.04 Å². The Kier molecular flexibility index (Phi) is 5.52. The number of amides is 1. The van der Waals surface area contributed by atoms with Crippen molar-refractivity contribution in [1.29, 1.82) is 0 Å². The van der Waals surface area contributed by atoms with Crippen LogP contribution in [0.4, 0.5) is 4.79 Å². The van der Waals surface area contributed by atoms with Gasteiger partial charge in [-0.05, 0) is 33.8 Å². The molecule has 0 spiro atoms. The van der Waals surface area contributed by atoms with E-state index in [4.69, 9.17) is 14.6 Å². The molecular weight excluding hydrogens is 276 g/mol. The SMILES string of the molecule is C[C@@H](COc1cccc(C(=O)O)n1)NC(=O)OC(C)(C)C. The minimum Gasteiger partial charge on any atom is -0.477 e. The second-order valence-electron chi connectivity index (χ2n) is 5.52. The van der Waals surface area contributed by atoms with Crippen molar-refractivity contribution in [2.24, 2.45) is 0 Å². The Morgan fingerprint density at radius 2 is 2.05 bits per heavy atom. The summed E-state index contributed by atoms with van der Waals surface area (Å²) in [4.78, 5) is 26.1. The summed E-state index contributed by atoms with van der Waals surface area (Å²) >= 11 is 0. The van der Waals surface area contributed by atoms with Gasteiger partial charge in [-0.15, -0.1) is 0 Å². The summed E-state index contributed by atoms with van der Waals surface area (Å²) in [5, 5.41) is 11.4. The first-order valence-corrected chi connectivity index (χ1v) is 6.50. The molecule has 1 aromatic heterocycles. The summed E-state index contributed by atoms with van der Waals surface area (Å²) < 4.78 is 10.5. The van der Waals surface area contributed by atoms with Crippen LogP contribution >= 0.6 is 0 Å². The van der Waals surface area contributed by atoms with Crippen molar-refractivity contribution >= 4 is 12.1 Å². The highest BCUT2D eigenvalue weighted by Crippen LogP contribution is 2.09. The highest BCUT2D eigenvalue weighted by molar-refractivity contribution is 5.85. The summed E-state index contributed by atoms with van der Waals surface area (Å²) in [6, 6.07) is 4.15. The number of pyridine rings is 1. The van der Waals surface area contributed by atoms with Crippen LogP contribution in [-0.4, -0.2) is 40.4 Å². The average molecular weight is 296 g/mol. The summed E-state index contributed by atoms with van der Waals surface area (Å²) in [5.74, 6) is -0.937. The van der Waals surface area contributed by atoms with Crippen molar-refractivity contribution in [3.05, 3.63) is 23.9 Å². The molecule has 0 fully saturated rings. The van der Waals surface area contributed by atoms with Gasteiger partial charge in [0.2, 0.25) is 5.88 Å². The van der Waals surface area contributed by atoms with E-state index in [9.17, 15) is 9.59 Å². The van der Waals surface area contributed by atoms with Crippen LogP contribution in [0, 0.1) is 0 Å². The van der Waals surface area contributed by atoms with Crippen molar-refractivity contribution in [2.75, 3.05) is 6.61 Å². The van der Waals surface area contributed by atoms with E-state index in [1.165, 1.54) is 12.1 Å². The second-order valence-corrected chi connectivity index (χ2v) is 5.52. The van der Waals surface area contributed by atoms with Gasteiger partial charge in [0.1, 0.15) is 12.2 Å². The normalized spacial score (nSPS) is 12.4. The largest absolute Gasteiger partial charge is 0.477 e. The van der Waals surface area contributed by atoms with Crippen LogP contribution in [0.3, 0.4) is 0 Å². The Balaban J connectivity index is 2.46. The van der Waals surface area contributed by atoms with Crippen molar-refractivity contribution in [2.45, 2.75) is 39.3 Å². The number of carboxylic acids is 1. The minimum atomic E-state index is -1.12. The Morgan fingerprint density at radius 1 is 1.38 bits per heavy atom. The number of nitrogens with zero attached hydrogens (tertiary/aromatic N) is 1. The lowest BCUT2D eigenvalue weighted by atomic mass is 10.2. The van der Waals surface area contributed by atoms with E-state index in [-0.39, 0.29) is 24.2 Å². The molecule has 0 saturated heterocycles. The molecule has 1 rings (SSSR count). The Labute approximate surface area is 123 Å². The van der Waals surface area contributed by atoms with Gasteiger partial charge in [0, 0.05) is 6.07 Å². The van der Waals surface area contributed by atoms with Crippen LogP contribution in [0.2, 0.25) is 0 Å². The number of alkyl carbamates (subject to hydrolysis) is 1. The monoisotopic (exact) mass is 296 g/mol. The predicted molar refractivity (Wildman–Crippen MR) is 75.5 cm³/mol. The molecule has 0 unspecified atom stereocenters. The molecule has 0 aliphatic carbocycles. The first-order valence-electron chi connectivity index (χ1n) is 6.50. The molecule has 1 heterocycles. The lowest BCUT2D eigenvalue weighted by Crippen LogP contribution is -2.40. The number of hydrogen-bond donors (Lipinski definition) is 2. The van der Waals surface area contributed by atoms with Gasteiger partial charge in [0.15, 0.2) is 5.69 Å². The Bertz CT molecular complexity index is 510. The van der Waals surface area contributed by atoms with Gasteiger partial charge in [-0.3, -0.25) is 0 Å². The first-order chi connectivity index (χ1) is 9.67. The molecule has 0 radical (unpaired) electrons. The average Bonchev–Trinajstić information content (AvgIpc) is 2.34. The van der Waals surface area contributed by atoms with Crippen LogP contribution < -0.4 is 10.1 Å². The summed E-state index contributed by atoms with van der Waals surface area (Å²) in [6.45, 7) is 7.21. The third-order valence-corrected chi connectivity index (χ3v) is 2.19. The molecule has 0 aliphatic rings. The quantitative estimate of drug-likeness (QED) is 0.863. The molecule has 1 aromatic rings. The smallest absolute Gasteiger partial charge is 0.407 e. The molecule has 0 saturated carbocycles. The molecule has 116 valence electrons. The molecule has 2 N–H and O–H groups in total. The fraction of sp³-hybridized carbons (Fsp3) is 0.500. The lowest BCUT2D eigenvalue weighted by Gasteiger charge is -2.21. The molecule has 0 aliphatic heterocycles. The van der Waals surface area contributed by atoms with Gasteiger partial charge < -0.3 is 19.9 Å². The fourth-order valence-corrected chi connectivity index (χ4v) is 1.38. The van der Waals surface area contributed by atoms with Gasteiger partial charge in [0.25, 0.3) is 0 Å². The number of carbonyl (C=O) groups is 2. The zero-order valence-corrected chi connectivity index (χ0v) is 12.5. The summed E-state index contributed by atoms with van der Waals surface area (Å²) in [5.41, 5.74) is -0.664. The van der Waals surface area contributed by atoms with Crippen LogP contribution in [0.15, 0.2) is 18.2 Å². The van der Waals surface area contributed by atoms with E-state index in [0.717, 1.165) is 0 Å². The Hall–Kier alpha value is -2.31. The van der Waals surface area contributed by atoms with Gasteiger partial charge in [-0.1, -0.05) is 6.07 Å². The van der Waals surface area contributed by atoms with Crippen LogP contribution in [-0.2, 0) is 4.74 Å². The molecule has 0 bridgehead atoms. The number of aromatic nitrogens is 1. The standard InChI is InChI=1S/C14H20N2O5/c1-9(15-13(19)21-14(2,3)4)8-20-11-7-5-6-10(16-11)12(17)18/h5-7,9H,8H2,1-4H3,(H,15,19)(H,17,18)/t9-/m0/s1. The molecular formula is C14H20N2O5. The molecule has 1 atom stereocenters. The zero-order valence-electron chi connectivity index (χ0n) is 12.5. The highest BCUT2D eigenvalue weighted by atomic mass is 16.6. The van der Waals surface area contributed by atoms with E-state index >= 15 is 0 Å². The van der Waals surface area contributed by atoms with Crippen molar-refractivity contribution in [3.8, 4) is 5.88 Å². The maximum absolute atomic E-state index is 11.5. The first kappa shape index (κ1) is 16.7. The summed E-state index contributed by atoms with van der Waals surface area (Å²) in [7, 11) is 0. The number of carbonyl (C=O) groups excluding carboxylic acids is 1. The van der Waals surface area contributed by atoms with Crippen LogP contribution in [0.25, 0.3) is 0 Å². The minimum absolute atomic E-state index is 0.0970. The molecule has 0 aromatic carbocycles. The molecule has 21 heavy (non-hydrogen) atoms. The number of rotatable bonds is 5. The van der Waals surface area contributed by atoms with Crippen molar-refractivity contribution in [3.63, 3.8) is 0 Å². The maximum Gasteiger partial charge on any atom is 0.407 e. The van der Waals surface area contributed by atoms with E-state index in [1.54, 1.807) is 33.8 Å². The van der Waals surface area contributed by atoms with Gasteiger partial charge in [-0.25, -0.2) is 14.6 Å². The number of hydrogen-bond acceptors (Lipinski definition) is 5. The van der Waals surface area contributed by atoms with E-state index in [1.807, 2.05) is 0 Å². The Morgan fingerprint density at radius 3 is 2.62 bits per heavy atom. The third-order valence-electron chi connectivity index (χ3n) is 2.19. The number of carboxylic acid groups (broad SMARTS) is 1. The number of ether oxygens (including phenoxy) is 2. The summed E-state index contributed by atoms with van der Waals surface area (Å²) in [6.07, 6.45) is -0.536. The molecule has 1 amide bonds. The second kappa shape index (κ2) is 6.92. The maximum atomic E-state index is 11.5. The predicted octanol–water partition coefficient (Wildman–Crippen LogP) is 2.07. The van der Waals surface area contributed by atoms with Crippen LogP contribution in [0.5, 0.6) is 5.88 Å². The molecule has 7 nitrogen and oxygen atoms in total. The number of nitrogens with one attached hydrogen (secondary N) is 1. The van der Waals surface area contributed by atoms with E-state index in [0.29, 0.717) is 0 Å². The van der Waals surface area contributed by atoms with Crippen molar-refractivity contribution < 1.29 is 24.2 Å². The zero-order chi connectivity index (χ0) is 16.0. The molecule has 7 heteroatoms. The van der Waals surface area contributed by atoms with E-state index in [2.05, 4.69) is 10.3 Å². The van der Waals surface area contributed by atoms with E-state index < -0.39 is 17.7 Å².